The van der Waals surface area contributed by atoms with Gasteiger partial charge in [-0.1, -0.05) is 24.3 Å². The van der Waals surface area contributed by atoms with Crippen LogP contribution in [0.3, 0.4) is 0 Å². The molecule has 0 saturated heterocycles. The lowest BCUT2D eigenvalue weighted by atomic mass is 10.1. The molecular formula is C19H16F3N3O3S. The summed E-state index contributed by atoms with van der Waals surface area (Å²) in [6, 6.07) is 13.1. The number of hydrogen-bond acceptors (Lipinski definition) is 6. The molecular weight excluding hydrogens is 407 g/mol. The highest BCUT2D eigenvalue weighted by molar-refractivity contribution is 7.98. The minimum atomic E-state index is -4.71. The van der Waals surface area contributed by atoms with E-state index in [9.17, 15) is 18.0 Å². The van der Waals surface area contributed by atoms with Gasteiger partial charge in [0, 0.05) is 10.6 Å². The van der Waals surface area contributed by atoms with Gasteiger partial charge in [0.05, 0.1) is 6.61 Å². The van der Waals surface area contributed by atoms with E-state index in [-0.39, 0.29) is 18.1 Å². The van der Waals surface area contributed by atoms with Crippen LogP contribution in [0.2, 0.25) is 0 Å². The first kappa shape index (κ1) is 20.7. The predicted octanol–water partition coefficient (Wildman–Crippen LogP) is 4.84. The second-order valence-electron chi connectivity index (χ2n) is 5.72. The Hall–Kier alpha value is -3.01. The number of rotatable bonds is 7. The number of alkyl halides is 3. The lowest BCUT2D eigenvalue weighted by molar-refractivity contribution is -0.274. The standard InChI is InChI=1S/C19H16F3N3O3S/c1-2-27-18(26)17-16(23-25-24-17)11-29-15-9-5-13(6-10-15)12-3-7-14(8-4-12)28-19(20,21)22/h3-10H,2,11H2,1H3,(H,23,24,25). The number of halogens is 3. The van der Waals surface area contributed by atoms with Crippen LogP contribution in [0.4, 0.5) is 13.2 Å². The molecule has 3 rings (SSSR count). The predicted molar refractivity (Wildman–Crippen MR) is 100 cm³/mol. The minimum Gasteiger partial charge on any atom is -0.461 e. The zero-order valence-corrected chi connectivity index (χ0v) is 16.0. The number of ether oxygens (including phenoxy) is 2. The molecule has 1 N–H and O–H groups in total. The van der Waals surface area contributed by atoms with E-state index in [4.69, 9.17) is 4.74 Å². The number of thioether (sulfide) groups is 1. The van der Waals surface area contributed by atoms with Gasteiger partial charge in [0.15, 0.2) is 5.69 Å². The largest absolute Gasteiger partial charge is 0.573 e. The quantitative estimate of drug-likeness (QED) is 0.433. The Bertz CT molecular complexity index is 957. The SMILES string of the molecule is CCOC(=O)c1n[nH]nc1CSc1ccc(-c2ccc(OC(F)(F)F)cc2)cc1. The highest BCUT2D eigenvalue weighted by Crippen LogP contribution is 2.29. The number of esters is 1. The normalized spacial score (nSPS) is 11.3. The zero-order chi connectivity index (χ0) is 20.9. The number of aromatic amines is 1. The summed E-state index contributed by atoms with van der Waals surface area (Å²) in [6.07, 6.45) is -4.71. The molecule has 1 heterocycles. The Kier molecular flexibility index (Phi) is 6.42. The van der Waals surface area contributed by atoms with Crippen molar-refractivity contribution in [3.05, 3.63) is 59.9 Å². The molecule has 2 aromatic carbocycles. The summed E-state index contributed by atoms with van der Waals surface area (Å²) in [4.78, 5) is 12.7. The molecule has 0 aliphatic rings. The number of aromatic nitrogens is 3. The van der Waals surface area contributed by atoms with Crippen molar-refractivity contribution in [2.45, 2.75) is 23.9 Å². The number of nitrogens with one attached hydrogen (secondary N) is 1. The first-order valence-corrected chi connectivity index (χ1v) is 9.50. The smallest absolute Gasteiger partial charge is 0.461 e. The molecule has 0 spiro atoms. The maximum Gasteiger partial charge on any atom is 0.573 e. The molecule has 0 aliphatic carbocycles. The van der Waals surface area contributed by atoms with E-state index in [1.165, 1.54) is 23.9 Å². The first-order chi connectivity index (χ1) is 13.9. The highest BCUT2D eigenvalue weighted by Gasteiger charge is 2.30. The molecule has 0 atom stereocenters. The first-order valence-electron chi connectivity index (χ1n) is 8.51. The van der Waals surface area contributed by atoms with Crippen LogP contribution in [0.1, 0.15) is 23.1 Å². The van der Waals surface area contributed by atoms with Crippen LogP contribution in [0, 0.1) is 0 Å². The number of nitrogens with zero attached hydrogens (tertiary/aromatic N) is 2. The third-order valence-electron chi connectivity index (χ3n) is 3.74. The van der Waals surface area contributed by atoms with E-state index >= 15 is 0 Å². The summed E-state index contributed by atoms with van der Waals surface area (Å²) in [5, 5.41) is 10.2. The maximum atomic E-state index is 12.2. The molecule has 3 aromatic rings. The lowest BCUT2D eigenvalue weighted by Crippen LogP contribution is -2.16. The summed E-state index contributed by atoms with van der Waals surface area (Å²) in [6.45, 7) is 1.97. The molecule has 0 aliphatic heterocycles. The van der Waals surface area contributed by atoms with E-state index in [0.29, 0.717) is 11.4 Å². The molecule has 0 unspecified atom stereocenters. The van der Waals surface area contributed by atoms with Crippen LogP contribution in [0.5, 0.6) is 5.75 Å². The second-order valence-corrected chi connectivity index (χ2v) is 6.77. The Labute approximate surface area is 168 Å². The molecule has 1 aromatic heterocycles. The van der Waals surface area contributed by atoms with Crippen molar-refractivity contribution in [1.82, 2.24) is 15.4 Å². The number of H-pyrrole nitrogens is 1. The van der Waals surface area contributed by atoms with Gasteiger partial charge >= 0.3 is 12.3 Å². The van der Waals surface area contributed by atoms with E-state index in [2.05, 4.69) is 20.1 Å². The van der Waals surface area contributed by atoms with Gasteiger partial charge in [0.1, 0.15) is 11.4 Å². The van der Waals surface area contributed by atoms with Crippen molar-refractivity contribution in [3.63, 3.8) is 0 Å². The molecule has 6 nitrogen and oxygen atoms in total. The van der Waals surface area contributed by atoms with Gasteiger partial charge in [0.2, 0.25) is 0 Å². The summed E-state index contributed by atoms with van der Waals surface area (Å²) in [7, 11) is 0. The Morgan fingerprint density at radius 2 is 1.66 bits per heavy atom. The van der Waals surface area contributed by atoms with Gasteiger partial charge < -0.3 is 9.47 Å². The van der Waals surface area contributed by atoms with Crippen molar-refractivity contribution >= 4 is 17.7 Å². The molecule has 29 heavy (non-hydrogen) atoms. The Morgan fingerprint density at radius 1 is 1.03 bits per heavy atom. The Balaban J connectivity index is 1.62. The van der Waals surface area contributed by atoms with Crippen LogP contribution in [0.25, 0.3) is 11.1 Å². The van der Waals surface area contributed by atoms with Gasteiger partial charge in [-0.25, -0.2) is 4.79 Å². The summed E-state index contributed by atoms with van der Waals surface area (Å²) in [5.41, 5.74) is 2.27. The van der Waals surface area contributed by atoms with Gasteiger partial charge in [-0.15, -0.1) is 30.0 Å². The highest BCUT2D eigenvalue weighted by atomic mass is 32.2. The number of carbonyl (C=O) groups excluding carboxylic acids is 1. The fourth-order valence-corrected chi connectivity index (χ4v) is 3.29. The third kappa shape index (κ3) is 5.74. The molecule has 0 saturated carbocycles. The average Bonchev–Trinajstić information content (AvgIpc) is 3.15. The van der Waals surface area contributed by atoms with Crippen LogP contribution < -0.4 is 4.74 Å². The lowest BCUT2D eigenvalue weighted by Gasteiger charge is -2.09. The molecule has 0 radical (unpaired) electrons. The third-order valence-corrected chi connectivity index (χ3v) is 4.76. The zero-order valence-electron chi connectivity index (χ0n) is 15.2. The molecule has 10 heteroatoms. The molecule has 0 bridgehead atoms. The summed E-state index contributed by atoms with van der Waals surface area (Å²) >= 11 is 1.47. The monoisotopic (exact) mass is 423 g/mol. The van der Waals surface area contributed by atoms with Gasteiger partial charge in [-0.2, -0.15) is 10.3 Å². The maximum absolute atomic E-state index is 12.2. The molecule has 0 amide bonds. The van der Waals surface area contributed by atoms with Gasteiger partial charge in [0.25, 0.3) is 0 Å². The summed E-state index contributed by atoms with van der Waals surface area (Å²) < 4.78 is 45.5. The molecule has 0 fully saturated rings. The van der Waals surface area contributed by atoms with Crippen molar-refractivity contribution in [2.75, 3.05) is 6.61 Å². The summed E-state index contributed by atoms with van der Waals surface area (Å²) in [5.74, 6) is -0.364. The topological polar surface area (TPSA) is 77.1 Å². The van der Waals surface area contributed by atoms with E-state index < -0.39 is 12.3 Å². The average molecular weight is 423 g/mol. The van der Waals surface area contributed by atoms with Crippen molar-refractivity contribution in [3.8, 4) is 16.9 Å². The fraction of sp³-hybridized carbons (Fsp3) is 0.211. The van der Waals surface area contributed by atoms with E-state index in [1.54, 1.807) is 19.1 Å². The van der Waals surface area contributed by atoms with E-state index in [0.717, 1.165) is 16.0 Å². The second kappa shape index (κ2) is 8.99. The number of benzene rings is 2. The minimum absolute atomic E-state index is 0.164. The Morgan fingerprint density at radius 3 is 2.24 bits per heavy atom. The number of carbonyl (C=O) groups is 1. The van der Waals surface area contributed by atoms with Gasteiger partial charge in [-0.05, 0) is 42.3 Å². The number of hydrogen-bond donors (Lipinski definition) is 1. The van der Waals surface area contributed by atoms with E-state index in [1.807, 2.05) is 24.3 Å². The van der Waals surface area contributed by atoms with Crippen LogP contribution >= 0.6 is 11.8 Å². The van der Waals surface area contributed by atoms with Crippen LogP contribution in [-0.2, 0) is 10.5 Å². The van der Waals surface area contributed by atoms with Crippen LogP contribution in [0.15, 0.2) is 53.4 Å². The van der Waals surface area contributed by atoms with Crippen LogP contribution in [-0.4, -0.2) is 34.3 Å². The van der Waals surface area contributed by atoms with Crippen molar-refractivity contribution in [2.24, 2.45) is 0 Å². The van der Waals surface area contributed by atoms with Crippen molar-refractivity contribution < 1.29 is 27.4 Å². The molecule has 152 valence electrons. The van der Waals surface area contributed by atoms with Crippen molar-refractivity contribution in [1.29, 1.82) is 0 Å². The fourth-order valence-electron chi connectivity index (χ4n) is 2.46. The van der Waals surface area contributed by atoms with Gasteiger partial charge in [-0.3, -0.25) is 0 Å².